The zero-order chi connectivity index (χ0) is 7.56. The minimum Gasteiger partial charge on any atom is -0.481 e. The molecule has 1 rings (SSSR count). The molecule has 0 bridgehead atoms. The minimum absolute atomic E-state index is 0.0718. The molecule has 0 spiro atoms. The first-order valence-electron chi connectivity index (χ1n) is 2.65. The second-order valence-corrected chi connectivity index (χ2v) is 1.77. The van der Waals surface area contributed by atoms with Crippen LogP contribution in [0.3, 0.4) is 0 Å². The third-order valence-electron chi connectivity index (χ3n) is 1.17. The Labute approximate surface area is 59.3 Å². The summed E-state index contributed by atoms with van der Waals surface area (Å²) in [6, 6.07) is 1.78. The van der Waals surface area contributed by atoms with Crippen LogP contribution in [0.15, 0.2) is 0 Å². The van der Waals surface area contributed by atoms with Crippen molar-refractivity contribution in [3.63, 3.8) is 0 Å². The third kappa shape index (κ3) is 1.10. The molecule has 0 unspecified atom stereocenters. The van der Waals surface area contributed by atoms with Crippen molar-refractivity contribution in [3.8, 4) is 6.07 Å². The maximum Gasteiger partial charge on any atom is 0.312 e. The molecule has 0 heterocycles. The predicted octanol–water partition coefficient (Wildman–Crippen LogP) is 0.370. The zero-order valence-electron chi connectivity index (χ0n) is 5.03. The van der Waals surface area contributed by atoms with Gasteiger partial charge in [0.2, 0.25) is 0 Å². The van der Waals surface area contributed by atoms with E-state index < -0.39 is 5.97 Å². The average Bonchev–Trinajstić information content (AvgIpc) is 2.33. The van der Waals surface area contributed by atoms with E-state index in [9.17, 15) is 4.79 Å². The lowest BCUT2D eigenvalue weighted by molar-refractivity contribution is -0.134. The van der Waals surface area contributed by atoms with Gasteiger partial charge in [-0.1, -0.05) is 0 Å². The van der Waals surface area contributed by atoms with E-state index >= 15 is 0 Å². The van der Waals surface area contributed by atoms with Crippen LogP contribution in [0.2, 0.25) is 0 Å². The van der Waals surface area contributed by atoms with E-state index in [2.05, 4.69) is 0 Å². The van der Waals surface area contributed by atoms with Crippen molar-refractivity contribution in [1.82, 2.24) is 0 Å². The Hall–Kier alpha value is -1.04. The van der Waals surface area contributed by atoms with E-state index in [0.29, 0.717) is 0 Å². The molecule has 0 amide bonds. The number of carboxylic acid groups (broad SMARTS) is 1. The van der Waals surface area contributed by atoms with Gasteiger partial charge in [-0.15, -0.1) is 0 Å². The highest BCUT2D eigenvalue weighted by Crippen LogP contribution is 2.32. The SMILES string of the molecule is N#C[C]1[CH][CH][CH][C]1C(=O)O. The largest absolute Gasteiger partial charge is 0.481 e. The van der Waals surface area contributed by atoms with Crippen molar-refractivity contribution in [2.45, 2.75) is 0 Å². The lowest BCUT2D eigenvalue weighted by Gasteiger charge is -2.02. The van der Waals surface area contributed by atoms with Crippen LogP contribution in [-0.2, 0) is 4.79 Å². The summed E-state index contributed by atoms with van der Waals surface area (Å²) in [7, 11) is 0. The van der Waals surface area contributed by atoms with Crippen LogP contribution < -0.4 is 0 Å². The second kappa shape index (κ2) is 2.70. The molecule has 1 aliphatic carbocycles. The highest BCUT2D eigenvalue weighted by molar-refractivity contribution is 5.93. The monoisotopic (exact) mass is 134 g/mol. The molecule has 0 aromatic heterocycles. The first kappa shape index (κ1) is 7.07. The van der Waals surface area contributed by atoms with Gasteiger partial charge in [-0.25, -0.2) is 0 Å². The number of aliphatic carboxylic acids is 1. The summed E-state index contributed by atoms with van der Waals surface area (Å²) in [5.41, 5.74) is 0. The summed E-state index contributed by atoms with van der Waals surface area (Å²) in [5.74, 6) is -0.767. The Balaban J connectivity index is 2.61. The maximum absolute atomic E-state index is 10.3. The number of carbonyl (C=O) groups is 1. The van der Waals surface area contributed by atoms with E-state index in [-0.39, 0.29) is 11.8 Å². The van der Waals surface area contributed by atoms with Crippen molar-refractivity contribution in [2.75, 3.05) is 0 Å². The summed E-state index contributed by atoms with van der Waals surface area (Å²) in [5, 5.41) is 16.8. The van der Waals surface area contributed by atoms with Crippen molar-refractivity contribution >= 4 is 5.97 Å². The Kier molecular flexibility index (Phi) is 1.91. The van der Waals surface area contributed by atoms with Crippen LogP contribution in [0.5, 0.6) is 0 Å². The number of rotatable bonds is 1. The molecular weight excluding hydrogens is 130 g/mol. The molecule has 3 nitrogen and oxygen atoms in total. The minimum atomic E-state index is -1.05. The second-order valence-electron chi connectivity index (χ2n) is 1.77. The fraction of sp³-hybridized carbons (Fsp3) is 0. The van der Waals surface area contributed by atoms with Crippen LogP contribution in [0.4, 0.5) is 0 Å². The van der Waals surface area contributed by atoms with Crippen molar-refractivity contribution < 1.29 is 9.90 Å². The van der Waals surface area contributed by atoms with E-state index in [4.69, 9.17) is 10.4 Å². The van der Waals surface area contributed by atoms with Gasteiger partial charge in [0, 0.05) is 0 Å². The van der Waals surface area contributed by atoms with Gasteiger partial charge < -0.3 is 5.11 Å². The van der Waals surface area contributed by atoms with Crippen LogP contribution in [-0.4, -0.2) is 11.1 Å². The van der Waals surface area contributed by atoms with Crippen molar-refractivity contribution in [1.29, 1.82) is 5.26 Å². The molecule has 0 aromatic carbocycles. The van der Waals surface area contributed by atoms with Crippen molar-refractivity contribution in [2.24, 2.45) is 0 Å². The molecule has 3 heteroatoms. The van der Waals surface area contributed by atoms with Crippen molar-refractivity contribution in [3.05, 3.63) is 31.1 Å². The number of hydrogen-bond acceptors (Lipinski definition) is 2. The number of hydrogen-bond donors (Lipinski definition) is 1. The molecule has 1 aliphatic rings. The van der Waals surface area contributed by atoms with Gasteiger partial charge in [0.25, 0.3) is 0 Å². The van der Waals surface area contributed by atoms with E-state index in [1.807, 2.05) is 0 Å². The fourth-order valence-electron chi connectivity index (χ4n) is 0.704. The number of carboxylic acids is 1. The van der Waals surface area contributed by atoms with Crippen LogP contribution >= 0.6 is 0 Å². The topological polar surface area (TPSA) is 61.1 Å². The summed E-state index contributed by atoms with van der Waals surface area (Å²) in [6.07, 6.45) is 4.42. The Morgan fingerprint density at radius 3 is 2.70 bits per heavy atom. The van der Waals surface area contributed by atoms with Crippen LogP contribution in [0, 0.1) is 42.4 Å². The highest BCUT2D eigenvalue weighted by Gasteiger charge is 2.35. The number of nitriles is 1. The van der Waals surface area contributed by atoms with Gasteiger partial charge in [0.15, 0.2) is 0 Å². The summed E-state index contributed by atoms with van der Waals surface area (Å²) < 4.78 is 0. The molecule has 0 aliphatic heterocycles. The molecule has 0 aromatic rings. The van der Waals surface area contributed by atoms with Gasteiger partial charge in [0.1, 0.15) is 5.92 Å². The van der Waals surface area contributed by atoms with E-state index in [0.717, 1.165) is 0 Å². The van der Waals surface area contributed by atoms with Crippen LogP contribution in [0.1, 0.15) is 0 Å². The third-order valence-corrected chi connectivity index (χ3v) is 1.17. The lowest BCUT2D eigenvalue weighted by atomic mass is 9.98. The Morgan fingerprint density at radius 2 is 2.30 bits per heavy atom. The molecular formula is C7H4NO2. The first-order valence-corrected chi connectivity index (χ1v) is 2.65. The van der Waals surface area contributed by atoms with Gasteiger partial charge in [-0.2, -0.15) is 5.26 Å². The first-order chi connectivity index (χ1) is 4.75. The molecule has 0 atom stereocenters. The molecule has 10 heavy (non-hydrogen) atoms. The molecule has 49 valence electrons. The van der Waals surface area contributed by atoms with E-state index in [1.165, 1.54) is 12.8 Å². The fourth-order valence-corrected chi connectivity index (χ4v) is 0.704. The summed E-state index contributed by atoms with van der Waals surface area (Å²) in [6.45, 7) is 0. The average molecular weight is 134 g/mol. The van der Waals surface area contributed by atoms with E-state index in [1.54, 1.807) is 12.5 Å². The Morgan fingerprint density at radius 1 is 1.60 bits per heavy atom. The summed E-state index contributed by atoms with van der Waals surface area (Å²) in [4.78, 5) is 10.3. The Bertz CT molecular complexity index is 183. The quantitative estimate of drug-likeness (QED) is 0.563. The van der Waals surface area contributed by atoms with Gasteiger partial charge >= 0.3 is 5.97 Å². The number of nitrogens with zero attached hydrogens (tertiary/aromatic N) is 1. The lowest BCUT2D eigenvalue weighted by Crippen LogP contribution is -2.13. The molecule has 1 N–H and O–H groups in total. The predicted molar refractivity (Wildman–Crippen MR) is 32.6 cm³/mol. The standard InChI is InChI=1S/C7H4NO2/c8-4-5-2-1-3-6(5)7(9)10/h1-3H,(H,9,10). The highest BCUT2D eigenvalue weighted by atomic mass is 16.4. The normalized spacial score (nSPS) is 20.7. The summed E-state index contributed by atoms with van der Waals surface area (Å²) >= 11 is 0. The van der Waals surface area contributed by atoms with Gasteiger partial charge in [-0.3, -0.25) is 4.79 Å². The van der Waals surface area contributed by atoms with Gasteiger partial charge in [0.05, 0.1) is 12.0 Å². The van der Waals surface area contributed by atoms with Gasteiger partial charge in [-0.05, 0) is 19.3 Å². The molecule has 1 saturated carbocycles. The molecule has 5 radical (unpaired) electrons. The zero-order valence-corrected chi connectivity index (χ0v) is 5.03. The molecule has 1 fully saturated rings. The molecule has 0 saturated heterocycles. The smallest absolute Gasteiger partial charge is 0.312 e. The maximum atomic E-state index is 10.3. The van der Waals surface area contributed by atoms with Crippen LogP contribution in [0.25, 0.3) is 0 Å².